The summed E-state index contributed by atoms with van der Waals surface area (Å²) in [4.78, 5) is 37.6. The van der Waals surface area contributed by atoms with Crippen LogP contribution in [0.2, 0.25) is 0 Å². The maximum absolute atomic E-state index is 12.3. The molecule has 0 radical (unpaired) electrons. The fraction of sp³-hybridized carbons (Fsp3) is 0.476. The number of amides is 1. The highest BCUT2D eigenvalue weighted by Crippen LogP contribution is 2.22. The number of benzene rings is 1. The second-order valence-electron chi connectivity index (χ2n) is 7.00. The molecule has 2 aromatic rings. The minimum absolute atomic E-state index is 0.164. The summed E-state index contributed by atoms with van der Waals surface area (Å²) in [6.45, 7) is 3.99. The summed E-state index contributed by atoms with van der Waals surface area (Å²) in [6.07, 6.45) is 4.01. The third kappa shape index (κ3) is 4.71. The molecule has 1 amide bonds. The number of hydrogen-bond donors (Lipinski definition) is 0. The van der Waals surface area contributed by atoms with Crippen molar-refractivity contribution < 1.29 is 23.5 Å². The van der Waals surface area contributed by atoms with Gasteiger partial charge in [-0.15, -0.1) is 0 Å². The van der Waals surface area contributed by atoms with E-state index in [1.165, 1.54) is 6.07 Å². The smallest absolute Gasteiger partial charge is 0.344 e. The van der Waals surface area contributed by atoms with Crippen molar-refractivity contribution in [2.45, 2.75) is 45.6 Å². The van der Waals surface area contributed by atoms with Crippen LogP contribution in [0.25, 0.3) is 11.0 Å². The van der Waals surface area contributed by atoms with E-state index >= 15 is 0 Å². The van der Waals surface area contributed by atoms with Crippen LogP contribution in [0.4, 0.5) is 0 Å². The van der Waals surface area contributed by atoms with E-state index in [0.29, 0.717) is 17.9 Å². The maximum Gasteiger partial charge on any atom is 0.344 e. The van der Waals surface area contributed by atoms with Crippen molar-refractivity contribution >= 4 is 22.8 Å². The first-order chi connectivity index (χ1) is 13.5. The van der Waals surface area contributed by atoms with Gasteiger partial charge in [0.25, 0.3) is 5.91 Å². The van der Waals surface area contributed by atoms with Crippen molar-refractivity contribution in [2.24, 2.45) is 0 Å². The zero-order valence-corrected chi connectivity index (χ0v) is 16.2. The number of fused-ring (bicyclic) bond motifs is 1. The van der Waals surface area contributed by atoms with Gasteiger partial charge in [-0.25, -0.2) is 9.59 Å². The highest BCUT2D eigenvalue weighted by molar-refractivity contribution is 5.82. The van der Waals surface area contributed by atoms with E-state index in [2.05, 4.69) is 6.92 Å². The molecule has 0 saturated carbocycles. The summed E-state index contributed by atoms with van der Waals surface area (Å²) in [7, 11) is 0. The van der Waals surface area contributed by atoms with Crippen LogP contribution in [-0.2, 0) is 14.3 Å². The number of esters is 1. The Morgan fingerprint density at radius 2 is 2.04 bits per heavy atom. The van der Waals surface area contributed by atoms with Crippen molar-refractivity contribution in [1.29, 1.82) is 0 Å². The molecule has 1 aliphatic rings. The van der Waals surface area contributed by atoms with Crippen molar-refractivity contribution in [3.63, 3.8) is 0 Å². The molecule has 1 aromatic heterocycles. The molecule has 1 saturated heterocycles. The molecule has 0 N–H and O–H groups in total. The summed E-state index contributed by atoms with van der Waals surface area (Å²) in [5.41, 5.74) is 0.753. The Kier molecular flexibility index (Phi) is 6.34. The second-order valence-corrected chi connectivity index (χ2v) is 7.00. The van der Waals surface area contributed by atoms with Crippen molar-refractivity contribution in [3.8, 4) is 5.75 Å². The molecular formula is C21H25NO6. The lowest BCUT2D eigenvalue weighted by Crippen LogP contribution is -2.45. The molecule has 0 bridgehead atoms. The molecule has 150 valence electrons. The SMILES string of the molecule is CC[C@H]1CCCCN1C(=O)COC(=O)COc1ccc2c(C)cc(=O)oc2c1. The topological polar surface area (TPSA) is 86.0 Å². The molecule has 3 rings (SSSR count). The van der Waals surface area contributed by atoms with Crippen LogP contribution < -0.4 is 10.4 Å². The Balaban J connectivity index is 1.52. The van der Waals surface area contributed by atoms with E-state index in [1.807, 2.05) is 11.8 Å². The fourth-order valence-electron chi connectivity index (χ4n) is 3.56. The van der Waals surface area contributed by atoms with Crippen LogP contribution in [0, 0.1) is 6.92 Å². The van der Waals surface area contributed by atoms with E-state index in [9.17, 15) is 14.4 Å². The van der Waals surface area contributed by atoms with Crippen molar-refractivity contribution in [3.05, 3.63) is 40.2 Å². The van der Waals surface area contributed by atoms with Gasteiger partial charge in [-0.1, -0.05) is 6.92 Å². The van der Waals surface area contributed by atoms with Crippen LogP contribution in [0.5, 0.6) is 5.75 Å². The standard InChI is InChI=1S/C21H25NO6/c1-3-15-6-4-5-9-22(15)19(23)12-27-21(25)13-26-16-7-8-17-14(2)10-20(24)28-18(17)11-16/h7-8,10-11,15H,3-6,9,12-13H2,1-2H3/t15-/m0/s1. The monoisotopic (exact) mass is 387 g/mol. The summed E-state index contributed by atoms with van der Waals surface area (Å²) < 4.78 is 15.6. The Morgan fingerprint density at radius 3 is 2.82 bits per heavy atom. The average Bonchev–Trinajstić information content (AvgIpc) is 2.69. The molecule has 1 atom stereocenters. The lowest BCUT2D eigenvalue weighted by Gasteiger charge is -2.35. The highest BCUT2D eigenvalue weighted by atomic mass is 16.6. The van der Waals surface area contributed by atoms with Crippen LogP contribution >= 0.6 is 0 Å². The number of carbonyl (C=O) groups excluding carboxylic acids is 2. The molecule has 2 heterocycles. The quantitative estimate of drug-likeness (QED) is 0.560. The van der Waals surface area contributed by atoms with Gasteiger partial charge in [0.1, 0.15) is 11.3 Å². The van der Waals surface area contributed by atoms with E-state index in [0.717, 1.165) is 36.6 Å². The Labute approximate surface area is 163 Å². The van der Waals surface area contributed by atoms with Gasteiger partial charge in [-0.05, 0) is 50.3 Å². The summed E-state index contributed by atoms with van der Waals surface area (Å²) in [5, 5.41) is 0.798. The molecule has 28 heavy (non-hydrogen) atoms. The Bertz CT molecular complexity index is 919. The number of hydrogen-bond acceptors (Lipinski definition) is 6. The van der Waals surface area contributed by atoms with Gasteiger partial charge in [0.2, 0.25) is 0 Å². The van der Waals surface area contributed by atoms with Crippen LogP contribution in [0.1, 0.15) is 38.2 Å². The predicted octanol–water partition coefficient (Wildman–Crippen LogP) is 2.81. The first-order valence-corrected chi connectivity index (χ1v) is 9.60. The van der Waals surface area contributed by atoms with E-state index in [4.69, 9.17) is 13.9 Å². The molecule has 0 spiro atoms. The molecular weight excluding hydrogens is 362 g/mol. The Hall–Kier alpha value is -2.83. The number of rotatable bonds is 6. The summed E-state index contributed by atoms with van der Waals surface area (Å²) in [5.74, 6) is -0.404. The van der Waals surface area contributed by atoms with Crippen molar-refractivity contribution in [1.82, 2.24) is 4.90 Å². The van der Waals surface area contributed by atoms with Crippen LogP contribution in [0.3, 0.4) is 0 Å². The molecule has 7 nitrogen and oxygen atoms in total. The zero-order valence-electron chi connectivity index (χ0n) is 16.2. The average molecular weight is 387 g/mol. The number of aryl methyl sites for hydroxylation is 1. The largest absolute Gasteiger partial charge is 0.482 e. The maximum atomic E-state index is 12.3. The van der Waals surface area contributed by atoms with Gasteiger partial charge in [0, 0.05) is 30.1 Å². The number of ether oxygens (including phenoxy) is 2. The number of carbonyl (C=O) groups is 2. The number of nitrogens with zero attached hydrogens (tertiary/aromatic N) is 1. The van der Waals surface area contributed by atoms with Crippen molar-refractivity contribution in [2.75, 3.05) is 19.8 Å². The lowest BCUT2D eigenvalue weighted by molar-refractivity contribution is -0.155. The number of likely N-dealkylation sites (tertiary alicyclic amines) is 1. The molecule has 1 aliphatic heterocycles. The predicted molar refractivity (Wildman–Crippen MR) is 103 cm³/mol. The normalized spacial score (nSPS) is 16.8. The molecule has 1 fully saturated rings. The Morgan fingerprint density at radius 1 is 1.21 bits per heavy atom. The highest BCUT2D eigenvalue weighted by Gasteiger charge is 2.25. The first kappa shape index (κ1) is 19.9. The van der Waals surface area contributed by atoms with Gasteiger partial charge in [-0.2, -0.15) is 0 Å². The van der Waals surface area contributed by atoms with Gasteiger partial charge in [0.05, 0.1) is 0 Å². The van der Waals surface area contributed by atoms with Gasteiger partial charge in [-0.3, -0.25) is 4.79 Å². The van der Waals surface area contributed by atoms with Gasteiger partial charge < -0.3 is 18.8 Å². The minimum Gasteiger partial charge on any atom is -0.482 e. The van der Waals surface area contributed by atoms with Gasteiger partial charge >= 0.3 is 11.6 Å². The van der Waals surface area contributed by atoms with E-state index < -0.39 is 11.6 Å². The fourth-order valence-corrected chi connectivity index (χ4v) is 3.56. The molecule has 0 unspecified atom stereocenters. The molecule has 1 aromatic carbocycles. The first-order valence-electron chi connectivity index (χ1n) is 9.60. The van der Waals surface area contributed by atoms with E-state index in [-0.39, 0.29) is 25.2 Å². The van der Waals surface area contributed by atoms with E-state index in [1.54, 1.807) is 18.2 Å². The third-order valence-electron chi connectivity index (χ3n) is 5.05. The minimum atomic E-state index is -0.621. The molecule has 7 heteroatoms. The second kappa shape index (κ2) is 8.91. The third-order valence-corrected chi connectivity index (χ3v) is 5.05. The van der Waals surface area contributed by atoms with Gasteiger partial charge in [0.15, 0.2) is 13.2 Å². The summed E-state index contributed by atoms with van der Waals surface area (Å²) >= 11 is 0. The van der Waals surface area contributed by atoms with Crippen LogP contribution in [0.15, 0.2) is 33.5 Å². The number of piperidine rings is 1. The molecule has 0 aliphatic carbocycles. The lowest BCUT2D eigenvalue weighted by atomic mass is 10.00. The van der Waals surface area contributed by atoms with Crippen LogP contribution in [-0.4, -0.2) is 42.6 Å². The zero-order chi connectivity index (χ0) is 20.1. The summed E-state index contributed by atoms with van der Waals surface area (Å²) in [6, 6.07) is 6.66.